The molecule has 1 aromatic rings. The van der Waals surface area contributed by atoms with E-state index in [0.717, 1.165) is 25.0 Å². The third-order valence-corrected chi connectivity index (χ3v) is 4.55. The Kier molecular flexibility index (Phi) is 4.62. The number of nitrogens with two attached hydrogens (primary N) is 1. The van der Waals surface area contributed by atoms with Gasteiger partial charge in [0, 0.05) is 19.5 Å². The third kappa shape index (κ3) is 3.04. The molecule has 0 radical (unpaired) electrons. The summed E-state index contributed by atoms with van der Waals surface area (Å²) in [5.74, 6) is 0. The van der Waals surface area contributed by atoms with E-state index in [-0.39, 0.29) is 6.04 Å². The maximum Gasteiger partial charge on any atom is 0.0766 e. The summed E-state index contributed by atoms with van der Waals surface area (Å²) in [4.78, 5) is 0. The summed E-state index contributed by atoms with van der Waals surface area (Å²) in [6, 6.07) is 0.236. The molecule has 1 atom stereocenters. The van der Waals surface area contributed by atoms with E-state index in [1.54, 1.807) is 0 Å². The summed E-state index contributed by atoms with van der Waals surface area (Å²) in [7, 11) is 2.02. The average Bonchev–Trinajstić information content (AvgIpc) is 2.53. The van der Waals surface area contributed by atoms with Crippen LogP contribution in [0.4, 0.5) is 0 Å². The van der Waals surface area contributed by atoms with Gasteiger partial charge in [-0.1, -0.05) is 25.0 Å². The Balaban J connectivity index is 2.20. The van der Waals surface area contributed by atoms with Crippen LogP contribution in [0.1, 0.15) is 44.0 Å². The predicted molar refractivity (Wildman–Crippen MR) is 78.5 cm³/mol. The minimum Gasteiger partial charge on any atom is -0.324 e. The van der Waals surface area contributed by atoms with Gasteiger partial charge in [-0.15, -0.1) is 0 Å². The first-order chi connectivity index (χ1) is 8.61. The lowest BCUT2D eigenvalue weighted by atomic mass is 10.0. The maximum atomic E-state index is 6.08. The molecule has 100 valence electrons. The number of aromatic nitrogens is 2. The van der Waals surface area contributed by atoms with Gasteiger partial charge < -0.3 is 5.73 Å². The number of aryl methyl sites for hydroxylation is 2. The average molecular weight is 312 g/mol. The van der Waals surface area contributed by atoms with Crippen molar-refractivity contribution in [2.75, 3.05) is 0 Å². The molecule has 2 rings (SSSR count). The molecular formula is C14H22BrN3. The smallest absolute Gasteiger partial charge is 0.0766 e. The fourth-order valence-electron chi connectivity index (χ4n) is 2.58. The summed E-state index contributed by atoms with van der Waals surface area (Å²) >= 11 is 3.68. The molecule has 0 aliphatic heterocycles. The Morgan fingerprint density at radius 3 is 2.94 bits per heavy atom. The first-order valence-corrected chi connectivity index (χ1v) is 7.56. The molecule has 0 saturated carbocycles. The Hall–Kier alpha value is -0.610. The first kappa shape index (κ1) is 13.8. The molecule has 1 heterocycles. The van der Waals surface area contributed by atoms with Gasteiger partial charge in [0.15, 0.2) is 0 Å². The Morgan fingerprint density at radius 2 is 2.28 bits per heavy atom. The Bertz CT molecular complexity index is 448. The number of hydrogen-bond donors (Lipinski definition) is 1. The predicted octanol–water partition coefficient (Wildman–Crippen LogP) is 3.12. The van der Waals surface area contributed by atoms with Crippen LogP contribution in [0.15, 0.2) is 16.1 Å². The molecule has 4 heteroatoms. The van der Waals surface area contributed by atoms with E-state index in [4.69, 9.17) is 5.73 Å². The molecule has 0 fully saturated rings. The van der Waals surface area contributed by atoms with Crippen LogP contribution in [0.25, 0.3) is 0 Å². The highest BCUT2D eigenvalue weighted by Gasteiger charge is 2.15. The van der Waals surface area contributed by atoms with Crippen molar-refractivity contribution >= 4 is 15.9 Å². The van der Waals surface area contributed by atoms with Crippen LogP contribution in [0, 0.1) is 0 Å². The summed E-state index contributed by atoms with van der Waals surface area (Å²) in [5, 5.41) is 4.55. The van der Waals surface area contributed by atoms with E-state index in [0.29, 0.717) is 0 Å². The van der Waals surface area contributed by atoms with E-state index < -0.39 is 0 Å². The van der Waals surface area contributed by atoms with Gasteiger partial charge >= 0.3 is 0 Å². The van der Waals surface area contributed by atoms with E-state index in [1.165, 1.54) is 35.0 Å². The number of rotatable bonds is 3. The van der Waals surface area contributed by atoms with Crippen LogP contribution in [-0.4, -0.2) is 15.8 Å². The van der Waals surface area contributed by atoms with Gasteiger partial charge in [0.05, 0.1) is 15.9 Å². The molecule has 3 nitrogen and oxygen atoms in total. The van der Waals surface area contributed by atoms with E-state index in [9.17, 15) is 0 Å². The second-order valence-electron chi connectivity index (χ2n) is 5.10. The summed E-state index contributed by atoms with van der Waals surface area (Å²) < 4.78 is 3.17. The number of allylic oxidation sites excluding steroid dienone is 1. The topological polar surface area (TPSA) is 43.8 Å². The highest BCUT2D eigenvalue weighted by Crippen LogP contribution is 2.27. The molecule has 2 N–H and O–H groups in total. The van der Waals surface area contributed by atoms with Crippen molar-refractivity contribution in [3.8, 4) is 0 Å². The highest BCUT2D eigenvalue weighted by molar-refractivity contribution is 9.10. The second kappa shape index (κ2) is 6.02. The molecule has 0 amide bonds. The zero-order chi connectivity index (χ0) is 13.1. The highest BCUT2D eigenvalue weighted by atomic mass is 79.9. The van der Waals surface area contributed by atoms with Crippen molar-refractivity contribution in [3.05, 3.63) is 27.5 Å². The zero-order valence-electron chi connectivity index (χ0n) is 11.2. The standard InChI is InChI=1S/C14H22BrN3/c1-3-12-14(15)13(18(2)17-12)9-10-6-4-5-7-11(16)8-10/h8,11H,3-7,9,16H2,1-2H3. The molecule has 18 heavy (non-hydrogen) atoms. The van der Waals surface area contributed by atoms with Crippen molar-refractivity contribution in [2.24, 2.45) is 12.8 Å². The number of halogens is 1. The quantitative estimate of drug-likeness (QED) is 0.872. The van der Waals surface area contributed by atoms with Crippen molar-refractivity contribution in [1.29, 1.82) is 0 Å². The van der Waals surface area contributed by atoms with Crippen molar-refractivity contribution in [1.82, 2.24) is 9.78 Å². The Morgan fingerprint density at radius 1 is 1.50 bits per heavy atom. The Labute approximate surface area is 118 Å². The number of hydrogen-bond acceptors (Lipinski definition) is 2. The maximum absolute atomic E-state index is 6.08. The molecule has 1 aromatic heterocycles. The van der Waals surface area contributed by atoms with Gasteiger partial charge in [-0.05, 0) is 41.6 Å². The fraction of sp³-hybridized carbons (Fsp3) is 0.643. The number of nitrogens with zero attached hydrogens (tertiary/aromatic N) is 2. The van der Waals surface area contributed by atoms with Crippen LogP contribution >= 0.6 is 15.9 Å². The molecule has 1 aliphatic carbocycles. The van der Waals surface area contributed by atoms with Crippen LogP contribution in [0.2, 0.25) is 0 Å². The van der Waals surface area contributed by atoms with Crippen LogP contribution in [0.3, 0.4) is 0 Å². The van der Waals surface area contributed by atoms with E-state index >= 15 is 0 Å². The van der Waals surface area contributed by atoms with Crippen molar-refractivity contribution in [2.45, 2.75) is 51.5 Å². The van der Waals surface area contributed by atoms with Crippen LogP contribution < -0.4 is 5.73 Å². The minimum atomic E-state index is 0.236. The van der Waals surface area contributed by atoms with E-state index in [1.807, 2.05) is 11.7 Å². The SMILES string of the molecule is CCc1nn(C)c(CC2=CC(N)CCCC2)c1Br. The van der Waals surface area contributed by atoms with Gasteiger partial charge in [-0.25, -0.2) is 0 Å². The second-order valence-corrected chi connectivity index (χ2v) is 5.89. The van der Waals surface area contributed by atoms with Crippen LogP contribution in [0.5, 0.6) is 0 Å². The monoisotopic (exact) mass is 311 g/mol. The van der Waals surface area contributed by atoms with Crippen molar-refractivity contribution < 1.29 is 0 Å². The summed E-state index contributed by atoms with van der Waals surface area (Å²) in [5.41, 5.74) is 9.95. The van der Waals surface area contributed by atoms with Gasteiger partial charge in [-0.3, -0.25) is 4.68 Å². The van der Waals surface area contributed by atoms with E-state index in [2.05, 4.69) is 34.0 Å². The van der Waals surface area contributed by atoms with Gasteiger partial charge in [0.1, 0.15) is 0 Å². The van der Waals surface area contributed by atoms with Gasteiger partial charge in [0.25, 0.3) is 0 Å². The minimum absolute atomic E-state index is 0.236. The summed E-state index contributed by atoms with van der Waals surface area (Å²) in [6.45, 7) is 2.14. The third-order valence-electron chi connectivity index (χ3n) is 3.63. The normalized spacial score (nSPS) is 20.7. The molecule has 0 aromatic carbocycles. The lowest BCUT2D eigenvalue weighted by molar-refractivity contribution is 0.652. The lowest BCUT2D eigenvalue weighted by Crippen LogP contribution is -2.16. The lowest BCUT2D eigenvalue weighted by Gasteiger charge is -2.08. The summed E-state index contributed by atoms with van der Waals surface area (Å²) in [6.07, 6.45) is 9.00. The van der Waals surface area contributed by atoms with Crippen LogP contribution in [-0.2, 0) is 19.9 Å². The zero-order valence-corrected chi connectivity index (χ0v) is 12.8. The molecule has 0 saturated heterocycles. The van der Waals surface area contributed by atoms with Gasteiger partial charge in [-0.2, -0.15) is 5.10 Å². The molecular weight excluding hydrogens is 290 g/mol. The fourth-order valence-corrected chi connectivity index (χ4v) is 3.33. The van der Waals surface area contributed by atoms with Gasteiger partial charge in [0.2, 0.25) is 0 Å². The molecule has 0 bridgehead atoms. The largest absolute Gasteiger partial charge is 0.324 e. The molecule has 1 aliphatic rings. The van der Waals surface area contributed by atoms with Crippen molar-refractivity contribution in [3.63, 3.8) is 0 Å². The molecule has 1 unspecified atom stereocenters. The molecule has 0 spiro atoms. The first-order valence-electron chi connectivity index (χ1n) is 6.77.